The van der Waals surface area contributed by atoms with Crippen LogP contribution in [0.3, 0.4) is 0 Å². The second-order valence-electron chi connectivity index (χ2n) is 8.30. The maximum absolute atomic E-state index is 8.25. The number of pyridine rings is 4. The van der Waals surface area contributed by atoms with E-state index in [2.05, 4.69) is 39.9 Å². The summed E-state index contributed by atoms with van der Waals surface area (Å²) in [4.78, 5) is 50.4. The van der Waals surface area contributed by atoms with Crippen LogP contribution in [-0.4, -0.2) is 50.0 Å². The van der Waals surface area contributed by atoms with Crippen molar-refractivity contribution in [1.29, 1.82) is 0 Å². The van der Waals surface area contributed by atoms with Crippen molar-refractivity contribution >= 4 is 11.9 Å². The van der Waals surface area contributed by atoms with Gasteiger partial charge < -0.3 is 42.1 Å². The fourth-order valence-electron chi connectivity index (χ4n) is 3.51. The van der Waals surface area contributed by atoms with Gasteiger partial charge in [-0.3, -0.25) is 19.9 Å². The fraction of sp³-hybridized carbons (Fsp3) is 0. The van der Waals surface area contributed by atoms with Crippen molar-refractivity contribution in [2.24, 2.45) is 0 Å². The van der Waals surface area contributed by atoms with E-state index in [0.29, 0.717) is 22.8 Å². The van der Waals surface area contributed by atoms with Gasteiger partial charge in [0.05, 0.1) is 55.7 Å². The van der Waals surface area contributed by atoms with E-state index in [-0.39, 0.29) is 56.7 Å². The zero-order chi connectivity index (χ0) is 33.3. The van der Waals surface area contributed by atoms with Gasteiger partial charge in [0.15, 0.2) is 0 Å². The van der Waals surface area contributed by atoms with Gasteiger partial charge >= 0.3 is 44.8 Å². The molecule has 48 heavy (non-hydrogen) atoms. The van der Waals surface area contributed by atoms with Crippen molar-refractivity contribution in [2.45, 2.75) is 0 Å². The minimum Gasteiger partial charge on any atom is -0.368 e. The summed E-state index contributed by atoms with van der Waals surface area (Å²) >= 11 is 0. The molecule has 252 valence electrons. The maximum Gasteiger partial charge on any atom is 1.00 e. The maximum atomic E-state index is 8.25. The van der Waals surface area contributed by atoms with Crippen LogP contribution in [0.1, 0.15) is 0 Å². The molecular formula is C28H22Ag2N12O6. The van der Waals surface area contributed by atoms with Gasteiger partial charge in [-0.15, -0.1) is 0 Å². The Hall–Kier alpha value is -5.76. The Morgan fingerprint density at radius 3 is 0.792 bits per heavy atom. The fourth-order valence-corrected chi connectivity index (χ4v) is 3.51. The van der Waals surface area contributed by atoms with Crippen molar-refractivity contribution in [1.82, 2.24) is 39.9 Å². The molecule has 0 fully saturated rings. The average molecular weight is 838 g/mol. The van der Waals surface area contributed by atoms with Crippen LogP contribution in [0.5, 0.6) is 0 Å². The summed E-state index contributed by atoms with van der Waals surface area (Å²) in [6, 6.07) is 26.2. The zero-order valence-electron chi connectivity index (χ0n) is 24.1. The second kappa shape index (κ2) is 21.1. The summed E-state index contributed by atoms with van der Waals surface area (Å²) in [6.45, 7) is 0. The van der Waals surface area contributed by atoms with Gasteiger partial charge in [-0.2, -0.15) is 0 Å². The first kappa shape index (κ1) is 40.3. The van der Waals surface area contributed by atoms with Crippen LogP contribution in [0.4, 0.5) is 11.9 Å². The average Bonchev–Trinajstić information content (AvgIpc) is 3.06. The summed E-state index contributed by atoms with van der Waals surface area (Å²) in [5.41, 5.74) is 17.3. The summed E-state index contributed by atoms with van der Waals surface area (Å²) in [6.07, 6.45) is 6.87. The number of rotatable bonds is 4. The summed E-state index contributed by atoms with van der Waals surface area (Å²) in [7, 11) is 0. The van der Waals surface area contributed by atoms with Crippen molar-refractivity contribution in [3.63, 3.8) is 0 Å². The monoisotopic (exact) mass is 836 g/mol. The van der Waals surface area contributed by atoms with Gasteiger partial charge in [0.2, 0.25) is 11.9 Å². The van der Waals surface area contributed by atoms with Crippen LogP contribution in [0, 0.1) is 30.6 Å². The molecule has 20 heteroatoms. The van der Waals surface area contributed by atoms with Gasteiger partial charge in [0, 0.05) is 24.8 Å². The Morgan fingerprint density at radius 2 is 0.625 bits per heavy atom. The van der Waals surface area contributed by atoms with Crippen LogP contribution >= 0.6 is 0 Å². The first-order valence-electron chi connectivity index (χ1n) is 12.7. The van der Waals surface area contributed by atoms with Crippen molar-refractivity contribution < 1.29 is 54.9 Å². The number of anilines is 2. The number of nitrogen functional groups attached to an aromatic ring is 2. The molecule has 0 atom stereocenters. The first-order valence-corrected chi connectivity index (χ1v) is 12.7. The van der Waals surface area contributed by atoms with Gasteiger partial charge in [-0.05, 0) is 60.7 Å². The molecule has 0 aliphatic rings. The number of aromatic nitrogens is 8. The second-order valence-corrected chi connectivity index (χ2v) is 8.30. The van der Waals surface area contributed by atoms with E-state index in [1.807, 2.05) is 84.9 Å². The van der Waals surface area contributed by atoms with E-state index in [1.165, 1.54) is 0 Å². The molecule has 6 aromatic heterocycles. The summed E-state index contributed by atoms with van der Waals surface area (Å²) in [5.74, 6) is 0.424. The molecule has 4 N–H and O–H groups in total. The largest absolute Gasteiger partial charge is 1.00 e. The molecule has 0 aromatic carbocycles. The molecular weight excluding hydrogens is 816 g/mol. The van der Waals surface area contributed by atoms with Gasteiger partial charge in [0.1, 0.15) is 0 Å². The summed E-state index contributed by atoms with van der Waals surface area (Å²) in [5, 5.41) is 29.5. The third kappa shape index (κ3) is 14.1. The molecule has 18 nitrogen and oxygen atoms in total. The number of nitrogens with two attached hydrogens (primary N) is 2. The topological polar surface area (TPSA) is 288 Å². The minimum absolute atomic E-state index is 0. The first-order chi connectivity index (χ1) is 22.1. The third-order valence-electron chi connectivity index (χ3n) is 5.20. The van der Waals surface area contributed by atoms with Crippen LogP contribution in [-0.2, 0) is 44.8 Å². The minimum atomic E-state index is -1.75. The molecule has 6 rings (SSSR count). The molecule has 0 aliphatic carbocycles. The standard InChI is InChI=1S/2C14H11N5.2Ag.2NO3/c2*15-14-18-12(10-5-1-3-7-16-10)9-13(19-14)11-6-2-4-8-17-11;;;2*2-1(3)4/h2*1-9H,(H2,15,18,19);;;;/q;;2*+1;2*-1. The predicted octanol–water partition coefficient (Wildman–Crippen LogP) is 3.88. The van der Waals surface area contributed by atoms with Gasteiger partial charge in [0.25, 0.3) is 0 Å². The molecule has 0 radical (unpaired) electrons. The van der Waals surface area contributed by atoms with E-state index in [9.17, 15) is 0 Å². The third-order valence-corrected chi connectivity index (χ3v) is 5.20. The van der Waals surface area contributed by atoms with E-state index < -0.39 is 10.2 Å². The molecule has 0 unspecified atom stereocenters. The van der Waals surface area contributed by atoms with Crippen LogP contribution in [0.2, 0.25) is 0 Å². The van der Waals surface area contributed by atoms with Crippen molar-refractivity contribution in [2.75, 3.05) is 11.5 Å². The molecule has 0 aliphatic heterocycles. The predicted molar refractivity (Wildman–Crippen MR) is 167 cm³/mol. The van der Waals surface area contributed by atoms with Crippen molar-refractivity contribution in [3.05, 3.63) is 140 Å². The Labute approximate surface area is 302 Å². The Morgan fingerprint density at radius 1 is 0.417 bits per heavy atom. The molecule has 6 heterocycles. The van der Waals surface area contributed by atoms with Crippen LogP contribution in [0.15, 0.2) is 110 Å². The molecule has 0 spiro atoms. The Kier molecular flexibility index (Phi) is 17.7. The van der Waals surface area contributed by atoms with Crippen molar-refractivity contribution in [3.8, 4) is 45.6 Å². The van der Waals surface area contributed by atoms with Gasteiger partial charge in [-0.25, -0.2) is 19.9 Å². The van der Waals surface area contributed by atoms with E-state index >= 15 is 0 Å². The van der Waals surface area contributed by atoms with Crippen LogP contribution in [0.25, 0.3) is 45.6 Å². The zero-order valence-corrected chi connectivity index (χ0v) is 27.0. The molecule has 0 bridgehead atoms. The van der Waals surface area contributed by atoms with E-state index in [1.54, 1.807) is 24.8 Å². The Bertz CT molecular complexity index is 1590. The molecule has 6 aromatic rings. The molecule has 0 saturated carbocycles. The quantitative estimate of drug-likeness (QED) is 0.145. The normalized spacial score (nSPS) is 9.17. The Balaban J connectivity index is 0.000000380. The van der Waals surface area contributed by atoms with E-state index in [0.717, 1.165) is 22.8 Å². The smallest absolute Gasteiger partial charge is 0.368 e. The number of hydrogen-bond acceptors (Lipinski definition) is 16. The number of nitrogens with zero attached hydrogens (tertiary/aromatic N) is 10. The number of hydrogen-bond donors (Lipinski definition) is 2. The molecule has 0 amide bonds. The molecule has 0 saturated heterocycles. The summed E-state index contributed by atoms with van der Waals surface area (Å²) < 4.78 is 0. The van der Waals surface area contributed by atoms with E-state index in [4.69, 9.17) is 42.1 Å². The SMILES string of the molecule is Nc1nc(-c2ccccn2)cc(-c2ccccn2)n1.Nc1nc(-c2ccccn2)cc(-c2ccccn2)n1.O=[N+]([O-])[O-].O=[N+]([O-])[O-].[Ag+].[Ag+]. The van der Waals surface area contributed by atoms with Gasteiger partial charge in [-0.1, -0.05) is 24.3 Å². The van der Waals surface area contributed by atoms with Crippen LogP contribution < -0.4 is 11.5 Å².